The second kappa shape index (κ2) is 21.6. The summed E-state index contributed by atoms with van der Waals surface area (Å²) >= 11 is 0. The van der Waals surface area contributed by atoms with Gasteiger partial charge in [0.25, 0.3) is 0 Å². The number of anilines is 2. The number of ether oxygens (including phenoxy) is 1. The number of aromatic hydroxyl groups is 2. The van der Waals surface area contributed by atoms with Crippen LogP contribution in [0.2, 0.25) is 0 Å². The highest BCUT2D eigenvalue weighted by molar-refractivity contribution is 5.93. The summed E-state index contributed by atoms with van der Waals surface area (Å²) < 4.78 is 5.77. The van der Waals surface area contributed by atoms with Gasteiger partial charge in [0, 0.05) is 118 Å². The highest BCUT2D eigenvalue weighted by Crippen LogP contribution is 2.39. The lowest BCUT2D eigenvalue weighted by Gasteiger charge is -2.44. The summed E-state index contributed by atoms with van der Waals surface area (Å²) in [5.74, 6) is 2.10. The summed E-state index contributed by atoms with van der Waals surface area (Å²) in [6, 6.07) is 10.7. The maximum atomic E-state index is 14.5. The van der Waals surface area contributed by atoms with Gasteiger partial charge in [-0.15, -0.1) is 16.6 Å². The fourth-order valence-corrected chi connectivity index (χ4v) is 11.1. The van der Waals surface area contributed by atoms with Crippen molar-refractivity contribution in [3.05, 3.63) is 83.3 Å². The van der Waals surface area contributed by atoms with E-state index in [-0.39, 0.29) is 49.6 Å². The van der Waals surface area contributed by atoms with Gasteiger partial charge in [0.15, 0.2) is 5.65 Å². The van der Waals surface area contributed by atoms with Crippen molar-refractivity contribution in [2.24, 2.45) is 5.41 Å². The van der Waals surface area contributed by atoms with Crippen LogP contribution in [0.1, 0.15) is 80.9 Å². The van der Waals surface area contributed by atoms with Crippen LogP contribution in [0.15, 0.2) is 60.9 Å². The fourth-order valence-electron chi connectivity index (χ4n) is 11.1. The van der Waals surface area contributed by atoms with Crippen molar-refractivity contribution in [1.29, 1.82) is 0 Å². The molecule has 3 aromatic heterocycles. The molecule has 386 valence electrons. The number of piperazine rings is 1. The molecular weight excluding hydrogens is 933 g/mol. The number of aromatic amines is 1. The van der Waals surface area contributed by atoms with Crippen molar-refractivity contribution in [3.63, 3.8) is 0 Å². The van der Waals surface area contributed by atoms with E-state index in [1.807, 2.05) is 30.6 Å². The molecular formula is C53H66N12O8. The Morgan fingerprint density at radius 2 is 1.70 bits per heavy atom. The van der Waals surface area contributed by atoms with Crippen molar-refractivity contribution in [2.45, 2.75) is 89.2 Å². The number of aliphatic hydroxyl groups is 2. The van der Waals surface area contributed by atoms with Crippen LogP contribution in [0.5, 0.6) is 11.5 Å². The van der Waals surface area contributed by atoms with Crippen LogP contribution in [-0.4, -0.2) is 175 Å². The molecule has 0 spiro atoms. The van der Waals surface area contributed by atoms with E-state index in [9.17, 15) is 34.8 Å². The standard InChI is InChI=1S/C53H66N12O8/c1-6-33-11-12-37(45(69)25-33)32(2)56-49(70)42-26-36(67)30-65(42)50(71)47(53(3,4)16-24-66)58-52(72)63-17-13-34(14-18-63)61-20-22-62(23-21-61)35-28-54-51(55-29-35)64-19-15-40-46(43(64)31-73-5)39-27-41(59-60-48(39)57-40)38-9-7-8-10-44(38)68/h1,7-12,25,27-29,32,34,36,42-43,47,66-69H,13-24,26,30-31H2,2-5H3,(H,56,70)(H,57,60)(H,58,72)/t32-,36+,42-,43+,47+/m0/s1. The Morgan fingerprint density at radius 3 is 2.38 bits per heavy atom. The Labute approximate surface area is 424 Å². The summed E-state index contributed by atoms with van der Waals surface area (Å²) in [5.41, 5.74) is 4.95. The summed E-state index contributed by atoms with van der Waals surface area (Å²) in [6.45, 7) is 10.2. The van der Waals surface area contributed by atoms with Crippen LogP contribution in [0, 0.1) is 17.8 Å². The number of aliphatic hydroxyl groups excluding tert-OH is 2. The maximum Gasteiger partial charge on any atom is 0.318 e. The molecule has 9 rings (SSSR count). The first-order valence-electron chi connectivity index (χ1n) is 25.2. The van der Waals surface area contributed by atoms with Gasteiger partial charge in [-0.1, -0.05) is 38.0 Å². The molecule has 7 N–H and O–H groups in total. The molecule has 4 aliphatic heterocycles. The Morgan fingerprint density at radius 1 is 0.959 bits per heavy atom. The number of piperidine rings is 1. The van der Waals surface area contributed by atoms with Crippen LogP contribution in [0.25, 0.3) is 22.3 Å². The number of aromatic nitrogens is 5. The first kappa shape index (κ1) is 50.9. The lowest BCUT2D eigenvalue weighted by atomic mass is 9.80. The molecule has 20 heteroatoms. The van der Waals surface area contributed by atoms with E-state index in [1.54, 1.807) is 57.0 Å². The van der Waals surface area contributed by atoms with Crippen molar-refractivity contribution >= 4 is 40.5 Å². The van der Waals surface area contributed by atoms with Gasteiger partial charge in [0.05, 0.1) is 48.6 Å². The molecule has 5 atom stereocenters. The van der Waals surface area contributed by atoms with Crippen LogP contribution in [-0.2, 0) is 20.7 Å². The van der Waals surface area contributed by atoms with Crippen molar-refractivity contribution in [3.8, 4) is 35.1 Å². The van der Waals surface area contributed by atoms with Crippen LogP contribution in [0.4, 0.5) is 16.4 Å². The zero-order chi connectivity index (χ0) is 51.6. The fraction of sp³-hybridized carbons (Fsp3) is 0.491. The number of para-hydroxylation sites is 1. The number of nitrogens with zero attached hydrogens (tertiary/aromatic N) is 9. The Kier molecular flexibility index (Phi) is 15.0. The van der Waals surface area contributed by atoms with E-state index < -0.39 is 47.5 Å². The van der Waals surface area contributed by atoms with E-state index >= 15 is 0 Å². The quantitative estimate of drug-likeness (QED) is 0.0788. The minimum atomic E-state index is -1.10. The predicted octanol–water partition coefficient (Wildman–Crippen LogP) is 3.47. The number of benzene rings is 2. The number of methoxy groups -OCH3 is 1. The Bertz CT molecular complexity index is 2840. The normalized spacial score (nSPS) is 20.6. The SMILES string of the molecule is C#Cc1ccc([C@H](C)NC(=O)[C@@H]2C[C@@H](O)CN2C(=O)[C@@H](NC(=O)N2CCC(N3CCN(c4cnc(N5CCc6[nH]c7nnc(-c8ccccc8O)cc7c6[C@H]5COC)nc4)CC3)CC2)C(C)(C)CCO)c(O)c1. The predicted molar refractivity (Wildman–Crippen MR) is 274 cm³/mol. The number of carbonyl (C=O) groups is 3. The van der Waals surface area contributed by atoms with Gasteiger partial charge in [-0.25, -0.2) is 14.8 Å². The molecule has 73 heavy (non-hydrogen) atoms. The third-order valence-electron chi connectivity index (χ3n) is 15.3. The maximum absolute atomic E-state index is 14.5. The molecule has 7 heterocycles. The summed E-state index contributed by atoms with van der Waals surface area (Å²) in [4.78, 5) is 65.5. The molecule has 3 saturated heterocycles. The highest BCUT2D eigenvalue weighted by atomic mass is 16.5. The molecule has 0 aliphatic carbocycles. The minimum absolute atomic E-state index is 0.00000274. The zero-order valence-electron chi connectivity index (χ0n) is 41.9. The van der Waals surface area contributed by atoms with E-state index in [0.717, 1.165) is 67.8 Å². The van der Waals surface area contributed by atoms with E-state index in [0.29, 0.717) is 60.2 Å². The van der Waals surface area contributed by atoms with Gasteiger partial charge in [-0.3, -0.25) is 14.5 Å². The van der Waals surface area contributed by atoms with Gasteiger partial charge in [0.2, 0.25) is 17.8 Å². The highest BCUT2D eigenvalue weighted by Gasteiger charge is 2.46. The lowest BCUT2D eigenvalue weighted by Crippen LogP contribution is -2.61. The first-order valence-corrected chi connectivity index (χ1v) is 25.2. The topological polar surface area (TPSA) is 249 Å². The van der Waals surface area contributed by atoms with E-state index in [2.05, 4.69) is 46.4 Å². The zero-order valence-corrected chi connectivity index (χ0v) is 41.9. The number of hydrogen-bond acceptors (Lipinski definition) is 15. The molecule has 0 saturated carbocycles. The second-order valence-electron chi connectivity index (χ2n) is 20.3. The largest absolute Gasteiger partial charge is 0.508 e. The average molecular weight is 999 g/mol. The number of hydrogen-bond donors (Lipinski definition) is 7. The molecule has 0 unspecified atom stereocenters. The number of amides is 4. The number of nitrogens with one attached hydrogen (secondary N) is 3. The minimum Gasteiger partial charge on any atom is -0.508 e. The summed E-state index contributed by atoms with van der Waals surface area (Å²) in [6.07, 6.45) is 10.7. The van der Waals surface area contributed by atoms with Gasteiger partial charge in [-0.2, -0.15) is 0 Å². The third-order valence-corrected chi connectivity index (χ3v) is 15.3. The summed E-state index contributed by atoms with van der Waals surface area (Å²) in [5, 5.41) is 57.6. The van der Waals surface area contributed by atoms with Gasteiger partial charge < -0.3 is 60.4 Å². The lowest BCUT2D eigenvalue weighted by molar-refractivity contribution is -0.142. The van der Waals surface area contributed by atoms with Crippen molar-refractivity contribution < 1.29 is 39.5 Å². The number of urea groups is 1. The average Bonchev–Trinajstić information content (AvgIpc) is 3.98. The van der Waals surface area contributed by atoms with Crippen molar-refractivity contribution in [2.75, 3.05) is 82.5 Å². The molecule has 4 amide bonds. The Balaban J connectivity index is 0.791. The third kappa shape index (κ3) is 10.6. The van der Waals surface area contributed by atoms with Crippen LogP contribution >= 0.6 is 0 Å². The smallest absolute Gasteiger partial charge is 0.318 e. The molecule has 20 nitrogen and oxygen atoms in total. The number of H-pyrrole nitrogens is 1. The van der Waals surface area contributed by atoms with E-state index in [1.165, 1.54) is 11.0 Å². The molecule has 4 aliphatic rings. The monoisotopic (exact) mass is 999 g/mol. The molecule has 0 bridgehead atoms. The number of rotatable bonds is 14. The number of phenols is 2. The van der Waals surface area contributed by atoms with Gasteiger partial charge in [-0.05, 0) is 61.9 Å². The van der Waals surface area contributed by atoms with Crippen molar-refractivity contribution in [1.82, 2.24) is 50.5 Å². The molecule has 3 fully saturated rings. The number of carbonyl (C=O) groups excluding carboxylic acids is 3. The number of likely N-dealkylation sites (tertiary alicyclic amines) is 2. The van der Waals surface area contributed by atoms with Crippen LogP contribution < -0.4 is 20.4 Å². The van der Waals surface area contributed by atoms with Gasteiger partial charge >= 0.3 is 6.03 Å². The number of phenolic OH excluding ortho intramolecular Hbond substituents is 2. The first-order chi connectivity index (χ1) is 35.2. The van der Waals surface area contributed by atoms with Gasteiger partial charge in [0.1, 0.15) is 23.6 Å². The molecule has 5 aromatic rings. The number of terminal acetylenes is 1. The molecule has 0 radical (unpaired) electrons. The summed E-state index contributed by atoms with van der Waals surface area (Å²) in [7, 11) is 1.69. The van der Waals surface area contributed by atoms with E-state index in [4.69, 9.17) is 21.1 Å². The number of β-amino-alcohol motifs (C(OH)–C–C–N with tert-alkyl or cyclic N) is 1. The van der Waals surface area contributed by atoms with Crippen LogP contribution in [0.3, 0.4) is 0 Å². The molecule has 2 aromatic carbocycles. The number of fused-ring (bicyclic) bond motifs is 3. The Hall–Kier alpha value is -7.05. The second-order valence-corrected chi connectivity index (χ2v) is 20.3.